The number of phenols is 1. The number of anilines is 1. The van der Waals surface area contributed by atoms with E-state index in [9.17, 15) is 15.2 Å². The minimum Gasteiger partial charge on any atom is -0.507 e. The molecule has 0 fully saturated rings. The third-order valence-electron chi connectivity index (χ3n) is 2.98. The Labute approximate surface area is 138 Å². The molecule has 110 valence electrons. The first-order valence-corrected chi connectivity index (χ1v) is 7.63. The zero-order valence-electron chi connectivity index (χ0n) is 11.1. The summed E-state index contributed by atoms with van der Waals surface area (Å²) in [4.78, 5) is 10.6. The Balaban J connectivity index is 2.21. The maximum Gasteiger partial charge on any atom is 0.274 e. The first-order chi connectivity index (χ1) is 9.88. The number of phenolic OH excluding ortho intramolecular Hbond substituents is 1. The Kier molecular flexibility index (Phi) is 4.84. The van der Waals surface area contributed by atoms with E-state index in [1.54, 1.807) is 31.2 Å². The maximum atomic E-state index is 11.0. The Morgan fingerprint density at radius 1 is 1.24 bits per heavy atom. The lowest BCUT2D eigenvalue weighted by molar-refractivity contribution is -0.385. The van der Waals surface area contributed by atoms with E-state index in [1.807, 2.05) is 0 Å². The van der Waals surface area contributed by atoms with Gasteiger partial charge in [0.1, 0.15) is 5.75 Å². The molecule has 0 amide bonds. The summed E-state index contributed by atoms with van der Waals surface area (Å²) in [5, 5.41) is 23.6. The second kappa shape index (κ2) is 6.44. The minimum absolute atomic E-state index is 0.0765. The number of nitrogens with one attached hydrogen (secondary N) is 1. The summed E-state index contributed by atoms with van der Waals surface area (Å²) in [6.45, 7) is 2.18. The van der Waals surface area contributed by atoms with Gasteiger partial charge in [0.2, 0.25) is 0 Å². The van der Waals surface area contributed by atoms with E-state index in [0.29, 0.717) is 22.3 Å². The van der Waals surface area contributed by atoms with Gasteiger partial charge in [0.15, 0.2) is 0 Å². The highest BCUT2D eigenvalue weighted by atomic mass is 79.9. The molecule has 0 saturated heterocycles. The van der Waals surface area contributed by atoms with E-state index >= 15 is 0 Å². The van der Waals surface area contributed by atoms with Gasteiger partial charge in [0.25, 0.3) is 5.69 Å². The van der Waals surface area contributed by atoms with E-state index in [4.69, 9.17) is 0 Å². The van der Waals surface area contributed by atoms with Crippen LogP contribution < -0.4 is 5.32 Å². The fourth-order valence-corrected chi connectivity index (χ4v) is 2.88. The molecule has 0 aliphatic heterocycles. The lowest BCUT2D eigenvalue weighted by atomic mass is 10.1. The van der Waals surface area contributed by atoms with Gasteiger partial charge in [-0.1, -0.05) is 6.07 Å². The SMILES string of the molecule is Cc1cc(Br)c(NCc2ccc(O)c(Br)c2)cc1[N+](=O)[O-]. The lowest BCUT2D eigenvalue weighted by Crippen LogP contribution is -2.02. The first-order valence-electron chi connectivity index (χ1n) is 6.04. The van der Waals surface area contributed by atoms with Crippen LogP contribution in [0, 0.1) is 17.0 Å². The van der Waals surface area contributed by atoms with Crippen molar-refractivity contribution in [2.24, 2.45) is 0 Å². The zero-order chi connectivity index (χ0) is 15.6. The van der Waals surface area contributed by atoms with Crippen molar-refractivity contribution in [1.29, 1.82) is 0 Å². The van der Waals surface area contributed by atoms with E-state index in [1.165, 1.54) is 6.07 Å². The Bertz CT molecular complexity index is 705. The molecule has 2 N–H and O–H groups in total. The van der Waals surface area contributed by atoms with Crippen LogP contribution in [0.2, 0.25) is 0 Å². The number of hydrogen-bond donors (Lipinski definition) is 2. The molecule has 0 heterocycles. The number of halogens is 2. The Morgan fingerprint density at radius 2 is 1.95 bits per heavy atom. The van der Waals surface area contributed by atoms with Crippen LogP contribution in [0.15, 0.2) is 39.3 Å². The van der Waals surface area contributed by atoms with Crippen LogP contribution in [0.5, 0.6) is 5.75 Å². The van der Waals surface area contributed by atoms with Gasteiger partial charge in [-0.25, -0.2) is 0 Å². The summed E-state index contributed by atoms with van der Waals surface area (Å²) in [6.07, 6.45) is 0. The van der Waals surface area contributed by atoms with Crippen LogP contribution in [0.25, 0.3) is 0 Å². The zero-order valence-corrected chi connectivity index (χ0v) is 14.2. The smallest absolute Gasteiger partial charge is 0.274 e. The van der Waals surface area contributed by atoms with Crippen LogP contribution in [-0.2, 0) is 6.54 Å². The molecule has 2 aromatic carbocycles. The van der Waals surface area contributed by atoms with Crippen molar-refractivity contribution in [2.45, 2.75) is 13.5 Å². The summed E-state index contributed by atoms with van der Waals surface area (Å²) < 4.78 is 1.37. The number of benzene rings is 2. The predicted molar refractivity (Wildman–Crippen MR) is 88.7 cm³/mol. The van der Waals surface area contributed by atoms with Crippen LogP contribution in [0.4, 0.5) is 11.4 Å². The van der Waals surface area contributed by atoms with Crippen molar-refractivity contribution >= 4 is 43.2 Å². The molecule has 0 saturated carbocycles. The predicted octanol–water partition coefficient (Wildman–Crippen LogP) is 4.75. The summed E-state index contributed by atoms with van der Waals surface area (Å²) in [7, 11) is 0. The molecule has 21 heavy (non-hydrogen) atoms. The summed E-state index contributed by atoms with van der Waals surface area (Å²) >= 11 is 6.65. The third-order valence-corrected chi connectivity index (χ3v) is 4.27. The molecule has 0 aliphatic rings. The van der Waals surface area contributed by atoms with Gasteiger partial charge < -0.3 is 10.4 Å². The average molecular weight is 416 g/mol. The number of rotatable bonds is 4. The molecule has 0 unspecified atom stereocenters. The average Bonchev–Trinajstić information content (AvgIpc) is 2.41. The molecule has 0 bridgehead atoms. The van der Waals surface area contributed by atoms with Crippen molar-refractivity contribution in [3.8, 4) is 5.75 Å². The van der Waals surface area contributed by atoms with Crippen LogP contribution >= 0.6 is 31.9 Å². The number of nitro benzene ring substituents is 1. The van der Waals surface area contributed by atoms with Gasteiger partial charge in [-0.15, -0.1) is 0 Å². The van der Waals surface area contributed by atoms with Crippen LogP contribution in [-0.4, -0.2) is 10.0 Å². The maximum absolute atomic E-state index is 11.0. The first kappa shape index (κ1) is 15.8. The summed E-state index contributed by atoms with van der Waals surface area (Å²) in [5.41, 5.74) is 2.27. The number of aryl methyl sites for hydroxylation is 1. The quantitative estimate of drug-likeness (QED) is 0.558. The molecule has 0 radical (unpaired) electrons. The van der Waals surface area contributed by atoms with Crippen molar-refractivity contribution in [3.63, 3.8) is 0 Å². The van der Waals surface area contributed by atoms with Gasteiger partial charge in [-0.05, 0) is 62.5 Å². The van der Waals surface area contributed by atoms with E-state index < -0.39 is 4.92 Å². The number of nitro groups is 1. The van der Waals surface area contributed by atoms with Gasteiger partial charge in [-0.2, -0.15) is 0 Å². The van der Waals surface area contributed by atoms with E-state index in [2.05, 4.69) is 37.2 Å². The van der Waals surface area contributed by atoms with Crippen molar-refractivity contribution < 1.29 is 10.0 Å². The summed E-state index contributed by atoms with van der Waals surface area (Å²) in [6, 6.07) is 8.39. The van der Waals surface area contributed by atoms with Gasteiger partial charge >= 0.3 is 0 Å². The van der Waals surface area contributed by atoms with Crippen molar-refractivity contribution in [2.75, 3.05) is 5.32 Å². The van der Waals surface area contributed by atoms with Crippen LogP contribution in [0.1, 0.15) is 11.1 Å². The fourth-order valence-electron chi connectivity index (χ4n) is 1.85. The van der Waals surface area contributed by atoms with Crippen LogP contribution in [0.3, 0.4) is 0 Å². The van der Waals surface area contributed by atoms with Crippen molar-refractivity contribution in [3.05, 3.63) is 60.5 Å². The largest absolute Gasteiger partial charge is 0.507 e. The van der Waals surface area contributed by atoms with Gasteiger partial charge in [0, 0.05) is 22.6 Å². The highest BCUT2D eigenvalue weighted by Gasteiger charge is 2.14. The topological polar surface area (TPSA) is 75.4 Å². The molecule has 0 aliphatic carbocycles. The highest BCUT2D eigenvalue weighted by molar-refractivity contribution is 9.11. The molecular weight excluding hydrogens is 404 g/mol. The van der Waals surface area contributed by atoms with E-state index in [-0.39, 0.29) is 11.4 Å². The second-order valence-electron chi connectivity index (χ2n) is 4.51. The van der Waals surface area contributed by atoms with Gasteiger partial charge in [-0.3, -0.25) is 10.1 Å². The molecular formula is C14H12Br2N2O3. The minimum atomic E-state index is -0.399. The molecule has 7 heteroatoms. The fraction of sp³-hybridized carbons (Fsp3) is 0.143. The Morgan fingerprint density at radius 3 is 2.57 bits per heavy atom. The third kappa shape index (κ3) is 3.74. The molecule has 5 nitrogen and oxygen atoms in total. The molecule has 0 spiro atoms. The second-order valence-corrected chi connectivity index (χ2v) is 6.22. The highest BCUT2D eigenvalue weighted by Crippen LogP contribution is 2.31. The molecule has 0 aromatic heterocycles. The summed E-state index contributed by atoms with van der Waals surface area (Å²) in [5.74, 6) is 0.172. The normalized spacial score (nSPS) is 10.4. The standard InChI is InChI=1S/C14H12Br2N2O3/c1-8-4-10(15)12(6-13(8)18(20)21)17-7-9-2-3-14(19)11(16)5-9/h2-6,17,19H,7H2,1H3. The van der Waals surface area contributed by atoms with E-state index in [0.717, 1.165) is 10.0 Å². The molecule has 0 atom stereocenters. The number of hydrogen-bond acceptors (Lipinski definition) is 4. The lowest BCUT2D eigenvalue weighted by Gasteiger charge is -2.10. The monoisotopic (exact) mass is 414 g/mol. The number of nitrogens with zero attached hydrogens (tertiary/aromatic N) is 1. The molecule has 2 aromatic rings. The van der Waals surface area contributed by atoms with Gasteiger partial charge in [0.05, 0.1) is 15.1 Å². The Hall–Kier alpha value is -1.60. The van der Waals surface area contributed by atoms with Crippen molar-refractivity contribution in [1.82, 2.24) is 0 Å². The number of aromatic hydroxyl groups is 1. The molecule has 2 rings (SSSR count).